The van der Waals surface area contributed by atoms with Crippen LogP contribution in [0.1, 0.15) is 57.9 Å². The second kappa shape index (κ2) is 6.78. The lowest BCUT2D eigenvalue weighted by Gasteiger charge is -2.33. The number of carbonyl (C=O) groups is 1. The van der Waals surface area contributed by atoms with Crippen LogP contribution < -0.4 is 5.32 Å². The fraction of sp³-hybridized carbons (Fsp3) is 0.588. The highest BCUT2D eigenvalue weighted by molar-refractivity contribution is 5.89. The smallest absolute Gasteiger partial charge is 0.322 e. The molecule has 3 heteroatoms. The Hall–Kier alpha value is -1.51. The number of carbonyl (C=O) groups excluding carboxylic acids is 1. The molecule has 3 nitrogen and oxygen atoms in total. The van der Waals surface area contributed by atoms with Crippen LogP contribution in [0.5, 0.6) is 0 Å². The summed E-state index contributed by atoms with van der Waals surface area (Å²) in [6, 6.07) is 8.63. The molecule has 0 aliphatic carbocycles. The second-order valence-electron chi connectivity index (χ2n) is 5.90. The van der Waals surface area contributed by atoms with Gasteiger partial charge in [0.15, 0.2) is 0 Å². The third kappa shape index (κ3) is 3.53. The first-order chi connectivity index (χ1) is 9.61. The number of hydrogen-bond donors (Lipinski definition) is 1. The predicted molar refractivity (Wildman–Crippen MR) is 84.2 cm³/mol. The van der Waals surface area contributed by atoms with Gasteiger partial charge in [-0.2, -0.15) is 0 Å². The lowest BCUT2D eigenvalue weighted by Crippen LogP contribution is -2.44. The van der Waals surface area contributed by atoms with Gasteiger partial charge in [-0.05, 0) is 56.2 Å². The minimum absolute atomic E-state index is 0.0356. The first-order valence-corrected chi connectivity index (χ1v) is 7.79. The number of hydrogen-bond acceptors (Lipinski definition) is 1. The van der Waals surface area contributed by atoms with E-state index in [1.165, 1.54) is 12.0 Å². The maximum atomic E-state index is 12.3. The number of nitrogens with zero attached hydrogens (tertiary/aromatic N) is 1. The summed E-state index contributed by atoms with van der Waals surface area (Å²) in [7, 11) is 0. The molecule has 0 spiro atoms. The van der Waals surface area contributed by atoms with Crippen LogP contribution in [0.3, 0.4) is 0 Å². The summed E-state index contributed by atoms with van der Waals surface area (Å²) in [6.45, 7) is 7.42. The van der Waals surface area contributed by atoms with Crippen LogP contribution in [0.15, 0.2) is 24.3 Å². The van der Waals surface area contributed by atoms with E-state index in [1.807, 2.05) is 17.0 Å². The number of benzene rings is 1. The molecule has 0 bridgehead atoms. The van der Waals surface area contributed by atoms with Crippen molar-refractivity contribution in [3.05, 3.63) is 29.8 Å². The normalized spacial score (nSPS) is 20.6. The van der Waals surface area contributed by atoms with Crippen molar-refractivity contribution in [2.45, 2.75) is 58.4 Å². The molecule has 1 aliphatic heterocycles. The molecule has 0 radical (unpaired) electrons. The highest BCUT2D eigenvalue weighted by atomic mass is 16.2. The average Bonchev–Trinajstić information content (AvgIpc) is 2.47. The number of anilines is 1. The average molecular weight is 274 g/mol. The monoisotopic (exact) mass is 274 g/mol. The van der Waals surface area contributed by atoms with Crippen molar-refractivity contribution in [1.82, 2.24) is 4.90 Å². The van der Waals surface area contributed by atoms with E-state index >= 15 is 0 Å². The zero-order chi connectivity index (χ0) is 14.5. The van der Waals surface area contributed by atoms with Gasteiger partial charge in [0.2, 0.25) is 0 Å². The molecule has 1 N–H and O–H groups in total. The molecular weight excluding hydrogens is 248 g/mol. The van der Waals surface area contributed by atoms with Crippen LogP contribution in [0, 0.1) is 0 Å². The zero-order valence-corrected chi connectivity index (χ0v) is 12.9. The standard InChI is InChI=1S/C17H26N2O/c1-4-13(2)15-8-10-16(11-9-15)18-17(20)19-12-6-5-7-14(19)3/h8-11,13-14H,4-7,12H2,1-3H3,(H,18,20)/t13-,14-/m0/s1. The van der Waals surface area contributed by atoms with E-state index in [0.29, 0.717) is 12.0 Å². The molecule has 1 heterocycles. The van der Waals surface area contributed by atoms with Crippen LogP contribution in [0.25, 0.3) is 0 Å². The first kappa shape index (κ1) is 14.9. The van der Waals surface area contributed by atoms with Crippen molar-refractivity contribution in [1.29, 1.82) is 0 Å². The predicted octanol–water partition coefficient (Wildman–Crippen LogP) is 4.61. The fourth-order valence-corrected chi connectivity index (χ4v) is 2.73. The molecule has 2 rings (SSSR count). The molecule has 0 aromatic heterocycles. The Kier molecular flexibility index (Phi) is 5.05. The van der Waals surface area contributed by atoms with E-state index in [9.17, 15) is 4.79 Å². The summed E-state index contributed by atoms with van der Waals surface area (Å²) in [6.07, 6.45) is 4.59. The molecule has 2 amide bonds. The van der Waals surface area contributed by atoms with Crippen LogP contribution in [0.4, 0.5) is 10.5 Å². The minimum Gasteiger partial charge on any atom is -0.322 e. The third-order valence-corrected chi connectivity index (χ3v) is 4.41. The second-order valence-corrected chi connectivity index (χ2v) is 5.90. The van der Waals surface area contributed by atoms with E-state index in [2.05, 4.69) is 38.2 Å². The van der Waals surface area contributed by atoms with Gasteiger partial charge in [0.05, 0.1) is 0 Å². The Bertz CT molecular complexity index is 441. The highest BCUT2D eigenvalue weighted by Gasteiger charge is 2.22. The Morgan fingerprint density at radius 2 is 2.05 bits per heavy atom. The summed E-state index contributed by atoms with van der Waals surface area (Å²) < 4.78 is 0. The Morgan fingerprint density at radius 1 is 1.35 bits per heavy atom. The lowest BCUT2D eigenvalue weighted by atomic mass is 9.99. The minimum atomic E-state index is 0.0356. The summed E-state index contributed by atoms with van der Waals surface area (Å²) in [5.74, 6) is 0.571. The van der Waals surface area contributed by atoms with E-state index in [0.717, 1.165) is 31.5 Å². The molecule has 1 aromatic rings. The molecule has 1 saturated heterocycles. The molecule has 1 aromatic carbocycles. The van der Waals surface area contributed by atoms with Gasteiger partial charge >= 0.3 is 6.03 Å². The number of amides is 2. The molecule has 110 valence electrons. The third-order valence-electron chi connectivity index (χ3n) is 4.41. The maximum absolute atomic E-state index is 12.3. The number of urea groups is 1. The summed E-state index contributed by atoms with van der Waals surface area (Å²) in [5.41, 5.74) is 2.22. The first-order valence-electron chi connectivity index (χ1n) is 7.79. The van der Waals surface area contributed by atoms with Gasteiger partial charge < -0.3 is 10.2 Å². The van der Waals surface area contributed by atoms with Crippen molar-refractivity contribution in [2.24, 2.45) is 0 Å². The Balaban J connectivity index is 1.97. The van der Waals surface area contributed by atoms with Crippen molar-refractivity contribution in [3.63, 3.8) is 0 Å². The van der Waals surface area contributed by atoms with Gasteiger partial charge in [-0.3, -0.25) is 0 Å². The molecule has 2 atom stereocenters. The SMILES string of the molecule is CC[C@H](C)c1ccc(NC(=O)N2CCCC[C@@H]2C)cc1. The van der Waals surface area contributed by atoms with E-state index < -0.39 is 0 Å². The number of piperidine rings is 1. The van der Waals surface area contributed by atoms with Crippen LogP contribution in [0.2, 0.25) is 0 Å². The molecule has 0 saturated carbocycles. The number of nitrogens with one attached hydrogen (secondary N) is 1. The largest absolute Gasteiger partial charge is 0.322 e. The van der Waals surface area contributed by atoms with Gasteiger partial charge in [-0.25, -0.2) is 4.79 Å². The number of likely N-dealkylation sites (tertiary alicyclic amines) is 1. The van der Waals surface area contributed by atoms with Crippen molar-refractivity contribution >= 4 is 11.7 Å². The summed E-state index contributed by atoms with van der Waals surface area (Å²) in [4.78, 5) is 14.2. The van der Waals surface area contributed by atoms with Gasteiger partial charge in [0.25, 0.3) is 0 Å². The lowest BCUT2D eigenvalue weighted by molar-refractivity contribution is 0.170. The van der Waals surface area contributed by atoms with Gasteiger partial charge in [0.1, 0.15) is 0 Å². The maximum Gasteiger partial charge on any atom is 0.322 e. The topological polar surface area (TPSA) is 32.3 Å². The Morgan fingerprint density at radius 3 is 2.65 bits per heavy atom. The molecule has 1 fully saturated rings. The van der Waals surface area contributed by atoms with E-state index in [-0.39, 0.29) is 6.03 Å². The van der Waals surface area contributed by atoms with E-state index in [1.54, 1.807) is 0 Å². The molecule has 1 aliphatic rings. The highest BCUT2D eigenvalue weighted by Crippen LogP contribution is 2.22. The molecule has 20 heavy (non-hydrogen) atoms. The Labute approximate surface area is 122 Å². The zero-order valence-electron chi connectivity index (χ0n) is 12.9. The number of rotatable bonds is 3. The summed E-state index contributed by atoms with van der Waals surface area (Å²) in [5, 5.41) is 3.01. The van der Waals surface area contributed by atoms with Crippen LogP contribution in [-0.2, 0) is 0 Å². The van der Waals surface area contributed by atoms with Gasteiger partial charge in [-0.15, -0.1) is 0 Å². The van der Waals surface area contributed by atoms with Crippen LogP contribution >= 0.6 is 0 Å². The van der Waals surface area contributed by atoms with Crippen molar-refractivity contribution < 1.29 is 4.79 Å². The molecule has 0 unspecified atom stereocenters. The van der Waals surface area contributed by atoms with Crippen molar-refractivity contribution in [2.75, 3.05) is 11.9 Å². The summed E-state index contributed by atoms with van der Waals surface area (Å²) >= 11 is 0. The quantitative estimate of drug-likeness (QED) is 0.858. The van der Waals surface area contributed by atoms with E-state index in [4.69, 9.17) is 0 Å². The van der Waals surface area contributed by atoms with Gasteiger partial charge in [0, 0.05) is 18.3 Å². The van der Waals surface area contributed by atoms with Gasteiger partial charge in [-0.1, -0.05) is 26.0 Å². The van der Waals surface area contributed by atoms with Crippen molar-refractivity contribution in [3.8, 4) is 0 Å². The van der Waals surface area contributed by atoms with Crippen LogP contribution in [-0.4, -0.2) is 23.5 Å². The molecular formula is C17H26N2O. The fourth-order valence-electron chi connectivity index (χ4n) is 2.73.